The lowest BCUT2D eigenvalue weighted by molar-refractivity contribution is 0.541. The van der Waals surface area contributed by atoms with Crippen molar-refractivity contribution >= 4 is 0 Å². The zero-order chi connectivity index (χ0) is 13.8. The van der Waals surface area contributed by atoms with E-state index in [4.69, 9.17) is 5.84 Å². The van der Waals surface area contributed by atoms with E-state index in [1.165, 1.54) is 17.2 Å². The van der Waals surface area contributed by atoms with E-state index in [9.17, 15) is 4.39 Å². The summed E-state index contributed by atoms with van der Waals surface area (Å²) in [6.07, 6.45) is 0.744. The van der Waals surface area contributed by atoms with Crippen molar-refractivity contribution in [3.05, 3.63) is 70.5 Å². The van der Waals surface area contributed by atoms with E-state index in [-0.39, 0.29) is 11.9 Å². The standard InChI is InChI=1S/C16H19FN2/c1-11-5-3-4-6-13(11)9-16(19-18)15-10-14(17)8-7-12(15)2/h3-8,10,16,19H,9,18H2,1-2H3. The number of nitrogens with two attached hydrogens (primary N) is 1. The summed E-state index contributed by atoms with van der Waals surface area (Å²) in [7, 11) is 0. The summed E-state index contributed by atoms with van der Waals surface area (Å²) in [5.74, 6) is 5.42. The van der Waals surface area contributed by atoms with Crippen LogP contribution in [0.5, 0.6) is 0 Å². The molecule has 100 valence electrons. The molecular formula is C16H19FN2. The second kappa shape index (κ2) is 5.95. The number of rotatable bonds is 4. The molecule has 0 saturated heterocycles. The van der Waals surface area contributed by atoms with Gasteiger partial charge in [0.15, 0.2) is 0 Å². The number of benzene rings is 2. The van der Waals surface area contributed by atoms with Gasteiger partial charge in [-0.05, 0) is 54.7 Å². The van der Waals surface area contributed by atoms with Gasteiger partial charge in [0, 0.05) is 0 Å². The van der Waals surface area contributed by atoms with Crippen LogP contribution in [-0.2, 0) is 6.42 Å². The predicted molar refractivity (Wildman–Crippen MR) is 76.1 cm³/mol. The molecule has 1 atom stereocenters. The highest BCUT2D eigenvalue weighted by Crippen LogP contribution is 2.23. The van der Waals surface area contributed by atoms with E-state index >= 15 is 0 Å². The molecule has 0 bridgehead atoms. The van der Waals surface area contributed by atoms with E-state index in [1.54, 1.807) is 12.1 Å². The van der Waals surface area contributed by atoms with Gasteiger partial charge in [-0.25, -0.2) is 4.39 Å². The Bertz CT molecular complexity index is 566. The second-order valence-corrected chi connectivity index (χ2v) is 4.85. The summed E-state index contributed by atoms with van der Waals surface area (Å²) in [5.41, 5.74) is 7.18. The molecule has 0 aliphatic carbocycles. The Morgan fingerprint density at radius 3 is 2.53 bits per heavy atom. The largest absolute Gasteiger partial charge is 0.271 e. The zero-order valence-electron chi connectivity index (χ0n) is 11.3. The molecule has 0 radical (unpaired) electrons. The van der Waals surface area contributed by atoms with Crippen molar-refractivity contribution in [1.29, 1.82) is 0 Å². The van der Waals surface area contributed by atoms with E-state index < -0.39 is 0 Å². The molecule has 2 nitrogen and oxygen atoms in total. The second-order valence-electron chi connectivity index (χ2n) is 4.85. The van der Waals surface area contributed by atoms with Crippen LogP contribution in [0.3, 0.4) is 0 Å². The number of halogens is 1. The van der Waals surface area contributed by atoms with Crippen molar-refractivity contribution in [3.63, 3.8) is 0 Å². The number of hydrazine groups is 1. The maximum Gasteiger partial charge on any atom is 0.123 e. The molecule has 3 N–H and O–H groups in total. The van der Waals surface area contributed by atoms with Crippen molar-refractivity contribution in [2.24, 2.45) is 5.84 Å². The minimum atomic E-state index is -0.231. The molecule has 0 aliphatic heterocycles. The van der Waals surface area contributed by atoms with E-state index in [1.807, 2.05) is 19.1 Å². The highest BCUT2D eigenvalue weighted by atomic mass is 19.1. The Labute approximate surface area is 113 Å². The molecule has 19 heavy (non-hydrogen) atoms. The van der Waals surface area contributed by atoms with Gasteiger partial charge >= 0.3 is 0 Å². The van der Waals surface area contributed by atoms with Crippen LogP contribution in [0.4, 0.5) is 4.39 Å². The van der Waals surface area contributed by atoms with Crippen molar-refractivity contribution in [3.8, 4) is 0 Å². The quantitative estimate of drug-likeness (QED) is 0.653. The fourth-order valence-electron chi connectivity index (χ4n) is 2.30. The maximum atomic E-state index is 13.4. The third-order valence-electron chi connectivity index (χ3n) is 3.50. The molecule has 0 amide bonds. The van der Waals surface area contributed by atoms with Gasteiger partial charge in [-0.15, -0.1) is 0 Å². The fraction of sp³-hybridized carbons (Fsp3) is 0.250. The molecule has 0 heterocycles. The minimum absolute atomic E-state index is 0.0863. The Morgan fingerprint density at radius 1 is 1.11 bits per heavy atom. The fourth-order valence-corrected chi connectivity index (χ4v) is 2.30. The lowest BCUT2D eigenvalue weighted by Gasteiger charge is -2.19. The number of nitrogens with one attached hydrogen (secondary N) is 1. The molecular weight excluding hydrogens is 239 g/mol. The molecule has 0 aliphatic rings. The van der Waals surface area contributed by atoms with Gasteiger partial charge in [-0.3, -0.25) is 11.3 Å². The van der Waals surface area contributed by atoms with E-state index in [0.29, 0.717) is 0 Å². The Balaban J connectivity index is 2.30. The predicted octanol–water partition coefficient (Wildman–Crippen LogP) is 3.19. The van der Waals surface area contributed by atoms with Crippen molar-refractivity contribution in [2.75, 3.05) is 0 Å². The average Bonchev–Trinajstić information content (AvgIpc) is 2.41. The molecule has 2 rings (SSSR count). The minimum Gasteiger partial charge on any atom is -0.271 e. The van der Waals surface area contributed by atoms with Crippen LogP contribution >= 0.6 is 0 Å². The number of hydrogen-bond donors (Lipinski definition) is 2. The molecule has 0 spiro atoms. The Kier molecular flexibility index (Phi) is 4.30. The monoisotopic (exact) mass is 258 g/mol. The summed E-state index contributed by atoms with van der Waals surface area (Å²) < 4.78 is 13.4. The molecule has 2 aromatic carbocycles. The Hall–Kier alpha value is -1.71. The van der Waals surface area contributed by atoms with Gasteiger partial charge in [0.05, 0.1) is 6.04 Å². The SMILES string of the molecule is Cc1ccccc1CC(NN)c1cc(F)ccc1C. The highest BCUT2D eigenvalue weighted by Gasteiger charge is 2.14. The van der Waals surface area contributed by atoms with Crippen molar-refractivity contribution in [2.45, 2.75) is 26.3 Å². The number of hydrogen-bond acceptors (Lipinski definition) is 2. The molecule has 0 fully saturated rings. The van der Waals surface area contributed by atoms with Crippen LogP contribution in [0.1, 0.15) is 28.3 Å². The normalized spacial score (nSPS) is 12.4. The summed E-state index contributed by atoms with van der Waals surface area (Å²) in [6, 6.07) is 12.9. The van der Waals surface area contributed by atoms with E-state index in [0.717, 1.165) is 17.5 Å². The summed E-state index contributed by atoms with van der Waals surface area (Å²) >= 11 is 0. The molecule has 0 aromatic heterocycles. The van der Waals surface area contributed by atoms with Gasteiger partial charge < -0.3 is 0 Å². The van der Waals surface area contributed by atoms with Crippen LogP contribution in [0, 0.1) is 19.7 Å². The first-order valence-corrected chi connectivity index (χ1v) is 6.38. The van der Waals surface area contributed by atoms with Crippen LogP contribution in [-0.4, -0.2) is 0 Å². The summed E-state index contributed by atoms with van der Waals surface area (Å²) in [5, 5.41) is 0. The zero-order valence-corrected chi connectivity index (χ0v) is 11.3. The lowest BCUT2D eigenvalue weighted by atomic mass is 9.94. The van der Waals surface area contributed by atoms with Gasteiger partial charge in [0.1, 0.15) is 5.82 Å². The third-order valence-corrected chi connectivity index (χ3v) is 3.50. The Morgan fingerprint density at radius 2 is 1.84 bits per heavy atom. The topological polar surface area (TPSA) is 38.0 Å². The van der Waals surface area contributed by atoms with Crippen LogP contribution < -0.4 is 11.3 Å². The van der Waals surface area contributed by atoms with Crippen molar-refractivity contribution < 1.29 is 4.39 Å². The first-order chi connectivity index (χ1) is 9.11. The molecule has 0 saturated carbocycles. The van der Waals surface area contributed by atoms with Gasteiger partial charge in [0.25, 0.3) is 0 Å². The highest BCUT2D eigenvalue weighted by molar-refractivity contribution is 5.33. The first kappa shape index (κ1) is 13.7. The van der Waals surface area contributed by atoms with Crippen LogP contribution in [0.2, 0.25) is 0 Å². The van der Waals surface area contributed by atoms with Crippen molar-refractivity contribution in [1.82, 2.24) is 5.43 Å². The van der Waals surface area contributed by atoms with Crippen LogP contribution in [0.25, 0.3) is 0 Å². The molecule has 3 heteroatoms. The average molecular weight is 258 g/mol. The smallest absolute Gasteiger partial charge is 0.123 e. The number of aryl methyl sites for hydroxylation is 2. The lowest BCUT2D eigenvalue weighted by Crippen LogP contribution is -2.30. The summed E-state index contributed by atoms with van der Waals surface area (Å²) in [4.78, 5) is 0. The molecule has 1 unspecified atom stereocenters. The molecule has 2 aromatic rings. The van der Waals surface area contributed by atoms with Gasteiger partial charge in [0.2, 0.25) is 0 Å². The maximum absolute atomic E-state index is 13.4. The van der Waals surface area contributed by atoms with Gasteiger partial charge in [-0.2, -0.15) is 0 Å². The van der Waals surface area contributed by atoms with E-state index in [2.05, 4.69) is 24.5 Å². The van der Waals surface area contributed by atoms with Gasteiger partial charge in [-0.1, -0.05) is 30.3 Å². The van der Waals surface area contributed by atoms with Crippen LogP contribution in [0.15, 0.2) is 42.5 Å². The summed E-state index contributed by atoms with van der Waals surface area (Å²) in [6.45, 7) is 4.04. The first-order valence-electron chi connectivity index (χ1n) is 6.38. The third kappa shape index (κ3) is 3.19.